The van der Waals surface area contributed by atoms with Gasteiger partial charge in [-0.05, 0) is 44.2 Å². The van der Waals surface area contributed by atoms with E-state index in [1.165, 1.54) is 23.0 Å². The van der Waals surface area contributed by atoms with E-state index in [4.69, 9.17) is 0 Å². The predicted octanol–water partition coefficient (Wildman–Crippen LogP) is 4.16. The number of anilines is 1. The van der Waals surface area contributed by atoms with E-state index in [1.54, 1.807) is 13.8 Å². The zero-order valence-corrected chi connectivity index (χ0v) is 17.8. The Morgan fingerprint density at radius 1 is 1.12 bits per heavy atom. The largest absolute Gasteiger partial charge is 0.416 e. The van der Waals surface area contributed by atoms with Crippen molar-refractivity contribution in [2.75, 3.05) is 5.32 Å². The maximum Gasteiger partial charge on any atom is 0.416 e. The summed E-state index contributed by atoms with van der Waals surface area (Å²) >= 11 is 0. The highest BCUT2D eigenvalue weighted by molar-refractivity contribution is 5.92. The molecule has 3 heterocycles. The van der Waals surface area contributed by atoms with E-state index in [0.717, 1.165) is 22.6 Å². The maximum absolute atomic E-state index is 13.1. The molecule has 0 fully saturated rings. The van der Waals surface area contributed by atoms with Gasteiger partial charge < -0.3 is 5.32 Å². The molecule has 178 valence electrons. The lowest BCUT2D eigenvalue weighted by Gasteiger charge is -2.17. The zero-order chi connectivity index (χ0) is 24.8. The molecular formula is C21H17F5N6O2. The predicted molar refractivity (Wildman–Crippen MR) is 112 cm³/mol. The minimum Gasteiger partial charge on any atom is -0.324 e. The standard InChI is InChI=1S/C21H17F5N6O2/c1-10(2)32-15-7-11(21(24,25)26)3-5-13(15)18(34)14(30-32)8-17(33)27-12-4-6-16-28-29-20(19(22)23)31(16)9-12/h3-7,9-10,19H,8H2,1-2H3,(H,27,33). The van der Waals surface area contributed by atoms with E-state index < -0.39 is 47.8 Å². The number of nitrogens with zero attached hydrogens (tertiary/aromatic N) is 5. The van der Waals surface area contributed by atoms with Crippen LogP contribution < -0.4 is 10.7 Å². The Balaban J connectivity index is 1.67. The van der Waals surface area contributed by atoms with Crippen molar-refractivity contribution in [3.05, 3.63) is 63.8 Å². The Hall–Kier alpha value is -3.90. The molecule has 1 N–H and O–H groups in total. The number of amides is 1. The van der Waals surface area contributed by atoms with Gasteiger partial charge in [-0.3, -0.25) is 18.7 Å². The Labute approximate surface area is 188 Å². The summed E-state index contributed by atoms with van der Waals surface area (Å²) in [6.45, 7) is 3.35. The maximum atomic E-state index is 13.1. The van der Waals surface area contributed by atoms with Gasteiger partial charge in [-0.1, -0.05) is 0 Å². The lowest BCUT2D eigenvalue weighted by Crippen LogP contribution is -2.25. The van der Waals surface area contributed by atoms with E-state index >= 15 is 0 Å². The fourth-order valence-corrected chi connectivity index (χ4v) is 3.47. The summed E-state index contributed by atoms with van der Waals surface area (Å²) in [6.07, 6.45) is -6.74. The monoisotopic (exact) mass is 480 g/mol. The quantitative estimate of drug-likeness (QED) is 0.433. The van der Waals surface area contributed by atoms with Crippen LogP contribution in [0.5, 0.6) is 0 Å². The van der Waals surface area contributed by atoms with Crippen molar-refractivity contribution in [3.63, 3.8) is 0 Å². The second-order valence-corrected chi connectivity index (χ2v) is 7.77. The van der Waals surface area contributed by atoms with Crippen molar-refractivity contribution in [2.24, 2.45) is 0 Å². The summed E-state index contributed by atoms with van der Waals surface area (Å²) in [5.41, 5.74) is -1.46. The van der Waals surface area contributed by atoms with Gasteiger partial charge in [-0.2, -0.15) is 18.3 Å². The summed E-state index contributed by atoms with van der Waals surface area (Å²) in [6, 6.07) is 5.12. The number of fused-ring (bicyclic) bond motifs is 2. The molecule has 3 aromatic heterocycles. The van der Waals surface area contributed by atoms with Crippen LogP contribution in [0.4, 0.5) is 27.6 Å². The van der Waals surface area contributed by atoms with Crippen molar-refractivity contribution in [1.82, 2.24) is 24.4 Å². The number of hydrogen-bond donors (Lipinski definition) is 1. The molecule has 0 aliphatic heterocycles. The van der Waals surface area contributed by atoms with Crippen LogP contribution in [0.1, 0.15) is 43.4 Å². The van der Waals surface area contributed by atoms with Crippen LogP contribution in [0.15, 0.2) is 41.3 Å². The smallest absolute Gasteiger partial charge is 0.324 e. The normalized spacial score (nSPS) is 12.3. The molecule has 0 atom stereocenters. The minimum atomic E-state index is -4.60. The van der Waals surface area contributed by atoms with Gasteiger partial charge in [0.25, 0.3) is 6.43 Å². The number of carbonyl (C=O) groups excluding carboxylic acids is 1. The van der Waals surface area contributed by atoms with Gasteiger partial charge in [-0.25, -0.2) is 8.78 Å². The molecule has 0 bridgehead atoms. The fraction of sp³-hybridized carbons (Fsp3) is 0.286. The first-order valence-corrected chi connectivity index (χ1v) is 10.0. The molecule has 13 heteroatoms. The molecule has 4 rings (SSSR count). The highest BCUT2D eigenvalue weighted by atomic mass is 19.4. The van der Waals surface area contributed by atoms with Crippen LogP contribution in [0.2, 0.25) is 0 Å². The van der Waals surface area contributed by atoms with E-state index in [1.807, 2.05) is 0 Å². The molecule has 0 radical (unpaired) electrons. The molecule has 4 aromatic rings. The topological polar surface area (TPSA) is 94.2 Å². The Bertz CT molecular complexity index is 1460. The second kappa shape index (κ2) is 8.47. The number of nitrogens with one attached hydrogen (secondary N) is 1. The summed E-state index contributed by atoms with van der Waals surface area (Å²) in [7, 11) is 0. The SMILES string of the molecule is CC(C)n1nc(CC(=O)Nc2ccc3nnc(C(F)F)n3c2)c(=O)c2ccc(C(F)(F)F)cc21. The molecule has 0 saturated carbocycles. The van der Waals surface area contributed by atoms with Crippen molar-refractivity contribution < 1.29 is 26.7 Å². The van der Waals surface area contributed by atoms with Crippen molar-refractivity contribution in [2.45, 2.75) is 38.9 Å². The third-order valence-corrected chi connectivity index (χ3v) is 5.03. The van der Waals surface area contributed by atoms with Gasteiger partial charge in [0.15, 0.2) is 5.65 Å². The Morgan fingerprint density at radius 2 is 1.85 bits per heavy atom. The number of hydrogen-bond acceptors (Lipinski definition) is 5. The van der Waals surface area contributed by atoms with Gasteiger partial charge in [0.2, 0.25) is 17.2 Å². The first-order valence-electron chi connectivity index (χ1n) is 10.0. The number of aromatic nitrogens is 5. The molecule has 0 unspecified atom stereocenters. The van der Waals surface area contributed by atoms with Crippen molar-refractivity contribution >= 4 is 28.1 Å². The van der Waals surface area contributed by atoms with Gasteiger partial charge in [0.1, 0.15) is 5.69 Å². The number of halogens is 5. The first kappa shape index (κ1) is 23.3. The number of alkyl halides is 5. The molecule has 0 aliphatic rings. The van der Waals surface area contributed by atoms with E-state index in [9.17, 15) is 31.5 Å². The van der Waals surface area contributed by atoms with Crippen LogP contribution in [-0.4, -0.2) is 30.3 Å². The van der Waals surface area contributed by atoms with Crippen molar-refractivity contribution in [1.29, 1.82) is 0 Å². The molecule has 0 spiro atoms. The second-order valence-electron chi connectivity index (χ2n) is 7.77. The molecule has 0 aliphatic carbocycles. The lowest BCUT2D eigenvalue weighted by atomic mass is 10.1. The van der Waals surface area contributed by atoms with Crippen LogP contribution in [-0.2, 0) is 17.4 Å². The zero-order valence-electron chi connectivity index (χ0n) is 17.8. The molecule has 34 heavy (non-hydrogen) atoms. The highest BCUT2D eigenvalue weighted by Gasteiger charge is 2.31. The molecule has 8 nitrogen and oxygen atoms in total. The molecular weight excluding hydrogens is 463 g/mol. The van der Waals surface area contributed by atoms with Crippen LogP contribution in [0, 0.1) is 0 Å². The number of benzene rings is 1. The van der Waals surface area contributed by atoms with Crippen LogP contribution in [0.3, 0.4) is 0 Å². The summed E-state index contributed by atoms with van der Waals surface area (Å²) in [5, 5.41) is 13.6. The summed E-state index contributed by atoms with van der Waals surface area (Å²) in [4.78, 5) is 25.5. The minimum absolute atomic E-state index is 0.00318. The van der Waals surface area contributed by atoms with Gasteiger partial charge in [0, 0.05) is 17.6 Å². The average molecular weight is 480 g/mol. The Morgan fingerprint density at radius 3 is 2.50 bits per heavy atom. The lowest BCUT2D eigenvalue weighted by molar-refractivity contribution is -0.137. The Kier molecular flexibility index (Phi) is 5.79. The van der Waals surface area contributed by atoms with Gasteiger partial charge >= 0.3 is 6.18 Å². The third kappa shape index (κ3) is 4.32. The molecule has 0 saturated heterocycles. The van der Waals surface area contributed by atoms with Crippen LogP contribution >= 0.6 is 0 Å². The molecule has 1 aromatic carbocycles. The van der Waals surface area contributed by atoms with Crippen LogP contribution in [0.25, 0.3) is 16.6 Å². The fourth-order valence-electron chi connectivity index (χ4n) is 3.47. The summed E-state index contributed by atoms with van der Waals surface area (Å²) in [5.74, 6) is -1.27. The van der Waals surface area contributed by atoms with Gasteiger partial charge in [0.05, 0.1) is 23.2 Å². The third-order valence-electron chi connectivity index (χ3n) is 5.03. The summed E-state index contributed by atoms with van der Waals surface area (Å²) < 4.78 is 67.8. The first-order chi connectivity index (χ1) is 16.0. The van der Waals surface area contributed by atoms with Crippen molar-refractivity contribution in [3.8, 4) is 0 Å². The van der Waals surface area contributed by atoms with Gasteiger partial charge in [-0.15, -0.1) is 10.2 Å². The highest BCUT2D eigenvalue weighted by Crippen LogP contribution is 2.31. The molecule has 1 amide bonds. The van der Waals surface area contributed by atoms with E-state index in [0.29, 0.717) is 0 Å². The number of carbonyl (C=O) groups is 1. The van der Waals surface area contributed by atoms with E-state index in [2.05, 4.69) is 20.6 Å². The average Bonchev–Trinajstić information content (AvgIpc) is 3.18. The number of rotatable bonds is 5. The number of pyridine rings is 1. The van der Waals surface area contributed by atoms with E-state index in [-0.39, 0.29) is 27.9 Å².